The monoisotopic (exact) mass is 244 g/mol. The van der Waals surface area contributed by atoms with Gasteiger partial charge >= 0.3 is 0 Å². The molecule has 1 aromatic carbocycles. The van der Waals surface area contributed by atoms with Crippen LogP contribution in [0.15, 0.2) is 29.8 Å². The van der Waals surface area contributed by atoms with Crippen molar-refractivity contribution in [2.45, 2.75) is 13.8 Å². The maximum Gasteiger partial charge on any atom is 0.261 e. The Bertz CT molecular complexity index is 601. The number of carbonyl (C=O) groups excluding carboxylic acids is 3. The molecule has 0 saturated heterocycles. The van der Waals surface area contributed by atoms with Crippen molar-refractivity contribution in [2.75, 3.05) is 4.90 Å². The Balaban J connectivity index is 2.45. The van der Waals surface area contributed by atoms with E-state index >= 15 is 0 Å². The summed E-state index contributed by atoms with van der Waals surface area (Å²) < 4.78 is 0. The van der Waals surface area contributed by atoms with Gasteiger partial charge in [0.1, 0.15) is 0 Å². The number of nitrogens with zero attached hydrogens (tertiary/aromatic N) is 1. The molecule has 0 aliphatic carbocycles. The van der Waals surface area contributed by atoms with Crippen molar-refractivity contribution >= 4 is 23.5 Å². The topological polar surface area (TPSA) is 77.5 Å². The third-order valence-corrected chi connectivity index (χ3v) is 2.77. The number of benzene rings is 1. The normalized spacial score (nSPS) is 15.0. The van der Waals surface area contributed by atoms with Crippen molar-refractivity contribution < 1.29 is 19.5 Å². The van der Waals surface area contributed by atoms with E-state index in [-0.39, 0.29) is 11.5 Å². The number of hydrogen-bond acceptors (Lipinski definition) is 4. The molecule has 5 heteroatoms. The Hall–Kier alpha value is -2.43. The maximum absolute atomic E-state index is 11.8. The molecule has 0 atom stereocenters. The van der Waals surface area contributed by atoms with Gasteiger partial charge in [-0.15, -0.1) is 0 Å². The van der Waals surface area contributed by atoms with Gasteiger partial charge in [-0.2, -0.15) is 0 Å². The number of aryl methyl sites for hydroxylation is 1. The minimum Gasteiger partial charge on any atom is -0.545 e. The number of hydrogen-bond donors (Lipinski definition) is 0. The summed E-state index contributed by atoms with van der Waals surface area (Å²) in [7, 11) is 0. The van der Waals surface area contributed by atoms with Crippen molar-refractivity contribution in [1.29, 1.82) is 0 Å². The molecule has 0 saturated carbocycles. The highest BCUT2D eigenvalue weighted by Crippen LogP contribution is 2.26. The lowest BCUT2D eigenvalue weighted by Gasteiger charge is -2.18. The molecule has 0 aromatic heterocycles. The van der Waals surface area contributed by atoms with Gasteiger partial charge in [0.15, 0.2) is 0 Å². The van der Waals surface area contributed by atoms with Gasteiger partial charge in [-0.3, -0.25) is 9.59 Å². The van der Waals surface area contributed by atoms with Crippen LogP contribution in [0.3, 0.4) is 0 Å². The van der Waals surface area contributed by atoms with Crippen LogP contribution < -0.4 is 10.0 Å². The van der Waals surface area contributed by atoms with Gasteiger partial charge < -0.3 is 9.90 Å². The molecule has 1 aliphatic rings. The fraction of sp³-hybridized carbons (Fsp3) is 0.154. The fourth-order valence-electron chi connectivity index (χ4n) is 1.85. The predicted molar refractivity (Wildman–Crippen MR) is 61.8 cm³/mol. The van der Waals surface area contributed by atoms with Crippen LogP contribution in [0.5, 0.6) is 0 Å². The van der Waals surface area contributed by atoms with Gasteiger partial charge in [-0.1, -0.05) is 6.07 Å². The van der Waals surface area contributed by atoms with Gasteiger partial charge in [0, 0.05) is 11.6 Å². The summed E-state index contributed by atoms with van der Waals surface area (Å²) in [5, 5.41) is 10.7. The average molecular weight is 244 g/mol. The zero-order chi connectivity index (χ0) is 13.4. The summed E-state index contributed by atoms with van der Waals surface area (Å²) in [5.74, 6) is -2.09. The summed E-state index contributed by atoms with van der Waals surface area (Å²) in [5.41, 5.74) is 1.30. The largest absolute Gasteiger partial charge is 0.545 e. The first kappa shape index (κ1) is 12.0. The number of carboxylic acid groups (broad SMARTS) is 1. The van der Waals surface area contributed by atoms with Crippen molar-refractivity contribution in [3.05, 3.63) is 41.0 Å². The highest BCUT2D eigenvalue weighted by Gasteiger charge is 2.30. The van der Waals surface area contributed by atoms with Gasteiger partial charge in [-0.25, -0.2) is 4.90 Å². The minimum absolute atomic E-state index is 0.0139. The Morgan fingerprint density at radius 1 is 1.22 bits per heavy atom. The summed E-state index contributed by atoms with van der Waals surface area (Å²) in [4.78, 5) is 35.2. The first-order valence-electron chi connectivity index (χ1n) is 5.30. The van der Waals surface area contributed by atoms with E-state index in [9.17, 15) is 19.5 Å². The average Bonchev–Trinajstić information content (AvgIpc) is 2.54. The summed E-state index contributed by atoms with van der Waals surface area (Å²) in [6, 6.07) is 4.12. The van der Waals surface area contributed by atoms with E-state index in [4.69, 9.17) is 0 Å². The second-order valence-electron chi connectivity index (χ2n) is 4.09. The second-order valence-corrected chi connectivity index (χ2v) is 4.09. The van der Waals surface area contributed by atoms with Crippen molar-refractivity contribution in [3.8, 4) is 0 Å². The molecular weight excluding hydrogens is 234 g/mol. The molecule has 0 unspecified atom stereocenters. The Kier molecular flexibility index (Phi) is 2.74. The quantitative estimate of drug-likeness (QED) is 0.695. The van der Waals surface area contributed by atoms with Crippen LogP contribution in [0.4, 0.5) is 5.69 Å². The third kappa shape index (κ3) is 1.79. The van der Waals surface area contributed by atoms with Crippen LogP contribution in [0, 0.1) is 6.92 Å². The van der Waals surface area contributed by atoms with Crippen LogP contribution in [-0.4, -0.2) is 17.8 Å². The highest BCUT2D eigenvalue weighted by atomic mass is 16.4. The molecule has 1 aromatic rings. The standard InChI is InChI=1S/C13H11NO4/c1-7-5-9(13(17)18)3-4-10(7)14-11(15)6-8(2)12(14)16/h3-6H,1-2H3,(H,17,18)/p-1. The molecule has 92 valence electrons. The van der Waals surface area contributed by atoms with Crippen LogP contribution >= 0.6 is 0 Å². The lowest BCUT2D eigenvalue weighted by atomic mass is 10.1. The summed E-state index contributed by atoms with van der Waals surface area (Å²) >= 11 is 0. The first-order chi connectivity index (χ1) is 8.41. The number of carboxylic acids is 1. The SMILES string of the molecule is CC1=CC(=O)N(c2ccc(C(=O)[O-])cc2C)C1=O. The molecule has 0 fully saturated rings. The number of anilines is 1. The van der Waals surface area contributed by atoms with Crippen LogP contribution in [-0.2, 0) is 9.59 Å². The van der Waals surface area contributed by atoms with Crippen LogP contribution in [0.1, 0.15) is 22.8 Å². The highest BCUT2D eigenvalue weighted by molar-refractivity contribution is 6.30. The zero-order valence-corrected chi connectivity index (χ0v) is 9.89. The van der Waals surface area contributed by atoms with Crippen LogP contribution in [0.2, 0.25) is 0 Å². The molecule has 2 rings (SSSR count). The summed E-state index contributed by atoms with van der Waals surface area (Å²) in [6.45, 7) is 3.20. The number of rotatable bonds is 2. The second kappa shape index (κ2) is 4.10. The molecule has 0 bridgehead atoms. The Morgan fingerprint density at radius 3 is 2.33 bits per heavy atom. The Labute approximate surface area is 103 Å². The van der Waals surface area contributed by atoms with E-state index in [1.807, 2.05) is 0 Å². The van der Waals surface area contributed by atoms with E-state index < -0.39 is 11.9 Å². The molecule has 0 radical (unpaired) electrons. The maximum atomic E-state index is 11.8. The van der Waals surface area contributed by atoms with Crippen LogP contribution in [0.25, 0.3) is 0 Å². The molecule has 18 heavy (non-hydrogen) atoms. The molecule has 0 N–H and O–H groups in total. The lowest BCUT2D eigenvalue weighted by molar-refractivity contribution is -0.255. The number of imide groups is 1. The Morgan fingerprint density at radius 2 is 1.89 bits per heavy atom. The molecule has 5 nitrogen and oxygen atoms in total. The molecule has 2 amide bonds. The zero-order valence-electron chi connectivity index (χ0n) is 9.89. The molecule has 1 aliphatic heterocycles. The van der Waals surface area contributed by atoms with E-state index in [0.29, 0.717) is 16.8 Å². The predicted octanol–water partition coefficient (Wildman–Crippen LogP) is 0.178. The lowest BCUT2D eigenvalue weighted by Crippen LogP contribution is -2.31. The van der Waals surface area contributed by atoms with Crippen molar-refractivity contribution in [2.24, 2.45) is 0 Å². The fourth-order valence-corrected chi connectivity index (χ4v) is 1.85. The van der Waals surface area contributed by atoms with E-state index in [1.54, 1.807) is 13.8 Å². The molecule has 0 spiro atoms. The molecule has 1 heterocycles. The summed E-state index contributed by atoms with van der Waals surface area (Å²) in [6.07, 6.45) is 1.26. The van der Waals surface area contributed by atoms with Crippen molar-refractivity contribution in [3.63, 3.8) is 0 Å². The van der Waals surface area contributed by atoms with Gasteiger partial charge in [-0.05, 0) is 37.1 Å². The number of amides is 2. The van der Waals surface area contributed by atoms with Gasteiger partial charge in [0.2, 0.25) is 0 Å². The third-order valence-electron chi connectivity index (χ3n) is 2.77. The smallest absolute Gasteiger partial charge is 0.261 e. The van der Waals surface area contributed by atoms with E-state index in [2.05, 4.69) is 0 Å². The van der Waals surface area contributed by atoms with Gasteiger partial charge in [0.05, 0.1) is 11.7 Å². The number of aromatic carboxylic acids is 1. The van der Waals surface area contributed by atoms with Crippen molar-refractivity contribution in [1.82, 2.24) is 0 Å². The molecular formula is C13H10NO4-. The van der Waals surface area contributed by atoms with E-state index in [0.717, 1.165) is 4.90 Å². The van der Waals surface area contributed by atoms with Gasteiger partial charge in [0.25, 0.3) is 11.8 Å². The minimum atomic E-state index is -1.29. The van der Waals surface area contributed by atoms with E-state index in [1.165, 1.54) is 24.3 Å². The first-order valence-corrected chi connectivity index (χ1v) is 5.30. The number of carbonyl (C=O) groups is 3.